The van der Waals surface area contributed by atoms with Crippen LogP contribution < -0.4 is 10.1 Å². The summed E-state index contributed by atoms with van der Waals surface area (Å²) in [6, 6.07) is 10.2. The zero-order valence-corrected chi connectivity index (χ0v) is 18.5. The smallest absolute Gasteiger partial charge is 0.313 e. The van der Waals surface area contributed by atoms with Crippen LogP contribution >= 0.6 is 11.6 Å². The van der Waals surface area contributed by atoms with E-state index in [0.29, 0.717) is 37.5 Å². The van der Waals surface area contributed by atoms with Gasteiger partial charge >= 0.3 is 11.8 Å². The van der Waals surface area contributed by atoms with Crippen LogP contribution in [0.4, 0.5) is 5.69 Å². The first kappa shape index (κ1) is 22.6. The topological polar surface area (TPSA) is 91.8 Å². The van der Waals surface area contributed by atoms with Crippen LogP contribution in [-0.2, 0) is 9.59 Å². The van der Waals surface area contributed by atoms with Gasteiger partial charge < -0.3 is 19.9 Å². The molecule has 1 aromatic carbocycles. The molecule has 1 aliphatic heterocycles. The molecule has 1 fully saturated rings. The molecule has 1 saturated heterocycles. The average molecular weight is 445 g/mol. The highest BCUT2D eigenvalue weighted by Crippen LogP contribution is 2.25. The van der Waals surface area contributed by atoms with Crippen molar-refractivity contribution in [3.8, 4) is 5.88 Å². The summed E-state index contributed by atoms with van der Waals surface area (Å²) < 4.78 is 5.94. The number of nitrogens with zero attached hydrogens (tertiary/aromatic N) is 3. The van der Waals surface area contributed by atoms with Crippen LogP contribution in [0, 0.1) is 6.92 Å². The number of likely N-dealkylation sites (N-methyl/N-ethyl adjacent to an activating group) is 1. The number of piperidine rings is 1. The van der Waals surface area contributed by atoms with Crippen molar-refractivity contribution in [1.82, 2.24) is 14.8 Å². The van der Waals surface area contributed by atoms with Crippen molar-refractivity contribution in [1.29, 1.82) is 0 Å². The Kier molecular flexibility index (Phi) is 7.12. The quantitative estimate of drug-likeness (QED) is 0.732. The molecular weight excluding hydrogens is 420 g/mol. The number of amides is 3. The number of ether oxygens (including phenoxy) is 1. The second kappa shape index (κ2) is 9.78. The minimum atomic E-state index is -0.784. The van der Waals surface area contributed by atoms with Crippen LogP contribution in [0.5, 0.6) is 5.88 Å². The minimum absolute atomic E-state index is 0.0171. The highest BCUT2D eigenvalue weighted by atomic mass is 35.5. The molecule has 1 N–H and O–H groups in total. The summed E-state index contributed by atoms with van der Waals surface area (Å²) in [6.45, 7) is 2.94. The van der Waals surface area contributed by atoms with Gasteiger partial charge in [0.1, 0.15) is 6.10 Å². The van der Waals surface area contributed by atoms with Gasteiger partial charge in [0, 0.05) is 57.5 Å². The standard InChI is InChI=1S/C22H25ClN4O4/c1-14-5-4-6-19(24-14)31-16-9-11-27(12-10-16)21(29)17-13-15(7-8-18(17)23)25-20(28)22(30)26(2)3/h4-8,13,16H,9-12H2,1-3H3,(H,25,28). The lowest BCUT2D eigenvalue weighted by Gasteiger charge is -2.32. The molecule has 0 bridgehead atoms. The van der Waals surface area contributed by atoms with E-state index in [4.69, 9.17) is 16.3 Å². The van der Waals surface area contributed by atoms with E-state index in [1.165, 1.54) is 31.1 Å². The Morgan fingerprint density at radius 3 is 2.52 bits per heavy atom. The number of benzene rings is 1. The molecule has 31 heavy (non-hydrogen) atoms. The first-order chi connectivity index (χ1) is 14.7. The molecule has 0 radical (unpaired) electrons. The highest BCUT2D eigenvalue weighted by molar-refractivity contribution is 6.39. The van der Waals surface area contributed by atoms with Crippen molar-refractivity contribution in [2.75, 3.05) is 32.5 Å². The van der Waals surface area contributed by atoms with Crippen LogP contribution in [0.1, 0.15) is 28.9 Å². The summed E-state index contributed by atoms with van der Waals surface area (Å²) in [4.78, 5) is 44.0. The lowest BCUT2D eigenvalue weighted by molar-refractivity contribution is -0.141. The molecule has 164 valence electrons. The molecule has 3 rings (SSSR count). The molecule has 0 spiro atoms. The summed E-state index contributed by atoms with van der Waals surface area (Å²) in [5.41, 5.74) is 1.49. The zero-order valence-electron chi connectivity index (χ0n) is 17.7. The van der Waals surface area contributed by atoms with Gasteiger partial charge in [0.25, 0.3) is 5.91 Å². The van der Waals surface area contributed by atoms with Gasteiger partial charge in [0.2, 0.25) is 5.88 Å². The van der Waals surface area contributed by atoms with E-state index in [9.17, 15) is 14.4 Å². The summed E-state index contributed by atoms with van der Waals surface area (Å²) in [5.74, 6) is -1.11. The van der Waals surface area contributed by atoms with Crippen molar-refractivity contribution in [3.63, 3.8) is 0 Å². The van der Waals surface area contributed by atoms with Crippen molar-refractivity contribution in [3.05, 3.63) is 52.7 Å². The van der Waals surface area contributed by atoms with Gasteiger partial charge in [-0.1, -0.05) is 17.7 Å². The number of aryl methyl sites for hydroxylation is 1. The molecule has 2 heterocycles. The third kappa shape index (κ3) is 5.73. The Balaban J connectivity index is 1.62. The fourth-order valence-corrected chi connectivity index (χ4v) is 3.45. The molecule has 3 amide bonds. The molecule has 0 aliphatic carbocycles. The van der Waals surface area contributed by atoms with Crippen molar-refractivity contribution >= 4 is 35.0 Å². The van der Waals surface area contributed by atoms with Crippen molar-refractivity contribution < 1.29 is 19.1 Å². The predicted octanol–water partition coefficient (Wildman–Crippen LogP) is 2.75. The van der Waals surface area contributed by atoms with E-state index in [1.807, 2.05) is 25.1 Å². The number of hydrogen-bond donors (Lipinski definition) is 1. The number of rotatable bonds is 4. The number of hydrogen-bond acceptors (Lipinski definition) is 5. The summed E-state index contributed by atoms with van der Waals surface area (Å²) in [5, 5.41) is 2.78. The highest BCUT2D eigenvalue weighted by Gasteiger charge is 2.26. The molecule has 0 unspecified atom stereocenters. The third-order valence-corrected chi connectivity index (χ3v) is 5.26. The molecule has 0 saturated carbocycles. The van der Waals surface area contributed by atoms with E-state index in [-0.39, 0.29) is 22.6 Å². The Morgan fingerprint density at radius 2 is 1.87 bits per heavy atom. The normalized spacial score (nSPS) is 14.1. The van der Waals surface area contributed by atoms with E-state index in [0.717, 1.165) is 5.69 Å². The number of pyridine rings is 1. The molecule has 2 aromatic rings. The number of nitrogens with one attached hydrogen (secondary N) is 1. The van der Waals surface area contributed by atoms with E-state index in [2.05, 4.69) is 10.3 Å². The maximum absolute atomic E-state index is 13.0. The van der Waals surface area contributed by atoms with Crippen LogP contribution in [0.3, 0.4) is 0 Å². The van der Waals surface area contributed by atoms with Crippen LogP contribution in [0.15, 0.2) is 36.4 Å². The number of aromatic nitrogens is 1. The van der Waals surface area contributed by atoms with Crippen molar-refractivity contribution in [2.24, 2.45) is 0 Å². The number of likely N-dealkylation sites (tertiary alicyclic amines) is 1. The van der Waals surface area contributed by atoms with E-state index in [1.54, 1.807) is 11.0 Å². The van der Waals surface area contributed by atoms with Gasteiger partial charge in [0.05, 0.1) is 10.6 Å². The largest absolute Gasteiger partial charge is 0.474 e. The Morgan fingerprint density at radius 1 is 1.16 bits per heavy atom. The number of anilines is 1. The Hall–Kier alpha value is -3.13. The lowest BCUT2D eigenvalue weighted by atomic mass is 10.1. The average Bonchev–Trinajstić information content (AvgIpc) is 2.74. The molecular formula is C22H25ClN4O4. The van der Waals surface area contributed by atoms with Crippen molar-refractivity contribution in [2.45, 2.75) is 25.9 Å². The van der Waals surface area contributed by atoms with Crippen LogP contribution in [-0.4, -0.2) is 65.8 Å². The fourth-order valence-electron chi connectivity index (χ4n) is 3.26. The first-order valence-electron chi connectivity index (χ1n) is 9.96. The third-order valence-electron chi connectivity index (χ3n) is 4.93. The van der Waals surface area contributed by atoms with Gasteiger partial charge in [-0.25, -0.2) is 4.98 Å². The zero-order chi connectivity index (χ0) is 22.5. The second-order valence-corrected chi connectivity index (χ2v) is 7.98. The van der Waals surface area contributed by atoms with E-state index < -0.39 is 11.8 Å². The minimum Gasteiger partial charge on any atom is -0.474 e. The molecule has 1 aliphatic rings. The van der Waals surface area contributed by atoms with Gasteiger partial charge in [-0.05, 0) is 31.2 Å². The first-order valence-corrected chi connectivity index (χ1v) is 10.3. The molecule has 8 nitrogen and oxygen atoms in total. The van der Waals surface area contributed by atoms with Crippen LogP contribution in [0.2, 0.25) is 5.02 Å². The van der Waals surface area contributed by atoms with Gasteiger partial charge in [-0.2, -0.15) is 0 Å². The molecule has 9 heteroatoms. The summed E-state index contributed by atoms with van der Waals surface area (Å²) in [7, 11) is 2.97. The number of carbonyl (C=O) groups excluding carboxylic acids is 3. The van der Waals surface area contributed by atoms with Crippen LogP contribution in [0.25, 0.3) is 0 Å². The Bertz CT molecular complexity index is 987. The monoisotopic (exact) mass is 444 g/mol. The van der Waals surface area contributed by atoms with E-state index >= 15 is 0 Å². The van der Waals surface area contributed by atoms with Gasteiger partial charge in [0.15, 0.2) is 0 Å². The number of carbonyl (C=O) groups is 3. The van der Waals surface area contributed by atoms with Gasteiger partial charge in [-0.15, -0.1) is 0 Å². The summed E-state index contributed by atoms with van der Waals surface area (Å²) in [6.07, 6.45) is 1.33. The fraction of sp³-hybridized carbons (Fsp3) is 0.364. The predicted molar refractivity (Wildman–Crippen MR) is 117 cm³/mol. The molecule has 0 atom stereocenters. The maximum atomic E-state index is 13.0. The maximum Gasteiger partial charge on any atom is 0.313 e. The van der Waals surface area contributed by atoms with Gasteiger partial charge in [-0.3, -0.25) is 14.4 Å². The summed E-state index contributed by atoms with van der Waals surface area (Å²) >= 11 is 6.24. The Labute approximate surface area is 186 Å². The molecule has 1 aromatic heterocycles. The SMILES string of the molecule is Cc1cccc(OC2CCN(C(=O)c3cc(NC(=O)C(=O)N(C)C)ccc3Cl)CC2)n1. The lowest BCUT2D eigenvalue weighted by Crippen LogP contribution is -2.42. The second-order valence-electron chi connectivity index (χ2n) is 7.57. The number of halogens is 1.